The summed E-state index contributed by atoms with van der Waals surface area (Å²) < 4.78 is 30.5. The number of hydrogen-bond donors (Lipinski definition) is 2. The van der Waals surface area contributed by atoms with E-state index in [0.29, 0.717) is 6.54 Å². The van der Waals surface area contributed by atoms with E-state index in [9.17, 15) is 8.42 Å². The molecule has 0 saturated heterocycles. The first-order chi connectivity index (χ1) is 5.06. The first-order valence-electron chi connectivity index (χ1n) is 3.78. The molecule has 0 atom stereocenters. The summed E-state index contributed by atoms with van der Waals surface area (Å²) >= 11 is 0. The van der Waals surface area contributed by atoms with Gasteiger partial charge in [0.05, 0.1) is 0 Å². The molecule has 0 spiro atoms. The number of rotatable bonds is 6. The Morgan fingerprint density at radius 2 is 1.83 bits per heavy atom. The second-order valence-corrected chi connectivity index (χ2v) is 3.67. The Hall–Kier alpha value is 1.13. The Morgan fingerprint density at radius 3 is 2.25 bits per heavy atom. The molecule has 0 bridgehead atoms. The summed E-state index contributed by atoms with van der Waals surface area (Å²) in [5.74, 6) is 0. The standard InChI is InChI=1S/C6H15NO3S.Ca.2H/c1-2-3-4-5-6-7-11(8,9)10;;;/h7H,2-6H2,1H3,(H,8,9,10);;;. The molecule has 72 valence electrons. The average molecular weight is 223 g/mol. The third-order valence-electron chi connectivity index (χ3n) is 1.31. The Bertz CT molecular complexity index is 181. The second kappa shape index (κ2) is 8.72. The minimum absolute atomic E-state index is 0. The van der Waals surface area contributed by atoms with Crippen LogP contribution in [-0.4, -0.2) is 57.3 Å². The molecule has 0 unspecified atom stereocenters. The van der Waals surface area contributed by atoms with Gasteiger partial charge in [-0.1, -0.05) is 26.2 Å². The molecule has 0 aromatic carbocycles. The molecular formula is C6H17CaNO3S. The molecule has 0 heterocycles. The number of hydrogen-bond acceptors (Lipinski definition) is 2. The molecule has 0 aliphatic carbocycles. The molecule has 0 radical (unpaired) electrons. The van der Waals surface area contributed by atoms with Crippen molar-refractivity contribution in [2.24, 2.45) is 0 Å². The first-order valence-corrected chi connectivity index (χ1v) is 5.22. The number of nitrogens with one attached hydrogen (secondary N) is 1. The van der Waals surface area contributed by atoms with Gasteiger partial charge in [-0.15, -0.1) is 0 Å². The van der Waals surface area contributed by atoms with Gasteiger partial charge in [0.15, 0.2) is 0 Å². The van der Waals surface area contributed by atoms with Gasteiger partial charge in [-0.3, -0.25) is 4.55 Å². The quantitative estimate of drug-likeness (QED) is 0.380. The predicted molar refractivity (Wildman–Crippen MR) is 52.2 cm³/mol. The third-order valence-corrected chi connectivity index (χ3v) is 1.88. The molecule has 6 heteroatoms. The van der Waals surface area contributed by atoms with Crippen LogP contribution in [0.25, 0.3) is 0 Å². The van der Waals surface area contributed by atoms with Crippen molar-refractivity contribution >= 4 is 48.0 Å². The van der Waals surface area contributed by atoms with Gasteiger partial charge in [-0.05, 0) is 6.42 Å². The molecule has 0 aromatic heterocycles. The fourth-order valence-electron chi connectivity index (χ4n) is 0.753. The minimum atomic E-state index is -3.96. The molecular weight excluding hydrogens is 206 g/mol. The van der Waals surface area contributed by atoms with Crippen molar-refractivity contribution in [1.82, 2.24) is 4.72 Å². The van der Waals surface area contributed by atoms with Crippen LogP contribution in [0.3, 0.4) is 0 Å². The van der Waals surface area contributed by atoms with E-state index >= 15 is 0 Å². The van der Waals surface area contributed by atoms with Crippen LogP contribution in [0.1, 0.15) is 32.6 Å². The molecule has 0 rings (SSSR count). The predicted octanol–water partition coefficient (Wildman–Crippen LogP) is 0.0429. The van der Waals surface area contributed by atoms with E-state index in [2.05, 4.69) is 6.92 Å². The van der Waals surface area contributed by atoms with Gasteiger partial charge < -0.3 is 0 Å². The summed E-state index contributed by atoms with van der Waals surface area (Å²) in [6, 6.07) is 0. The summed E-state index contributed by atoms with van der Waals surface area (Å²) in [5.41, 5.74) is 0. The van der Waals surface area contributed by atoms with E-state index in [1.807, 2.05) is 4.72 Å². The van der Waals surface area contributed by atoms with Crippen LogP contribution in [0.5, 0.6) is 0 Å². The first kappa shape index (κ1) is 15.6. The van der Waals surface area contributed by atoms with E-state index in [1.165, 1.54) is 0 Å². The van der Waals surface area contributed by atoms with Crippen LogP contribution in [0.15, 0.2) is 0 Å². The van der Waals surface area contributed by atoms with Gasteiger partial charge in [0, 0.05) is 6.54 Å². The molecule has 0 amide bonds. The molecule has 2 N–H and O–H groups in total. The molecule has 0 aliphatic rings. The Morgan fingerprint density at radius 1 is 1.25 bits per heavy atom. The van der Waals surface area contributed by atoms with Crippen molar-refractivity contribution in [2.45, 2.75) is 32.6 Å². The maximum atomic E-state index is 10.1. The summed E-state index contributed by atoms with van der Waals surface area (Å²) in [7, 11) is -3.96. The zero-order valence-corrected chi connectivity index (χ0v) is 7.52. The average Bonchev–Trinajstić information content (AvgIpc) is 1.85. The molecule has 0 saturated carbocycles. The van der Waals surface area contributed by atoms with Gasteiger partial charge >= 0.3 is 48.0 Å². The van der Waals surface area contributed by atoms with E-state index in [1.54, 1.807) is 0 Å². The van der Waals surface area contributed by atoms with Crippen LogP contribution < -0.4 is 4.72 Å². The van der Waals surface area contributed by atoms with Crippen LogP contribution in [0.2, 0.25) is 0 Å². The van der Waals surface area contributed by atoms with Crippen molar-refractivity contribution in [1.29, 1.82) is 0 Å². The molecule has 4 nitrogen and oxygen atoms in total. The topological polar surface area (TPSA) is 66.4 Å². The monoisotopic (exact) mass is 223 g/mol. The fraction of sp³-hybridized carbons (Fsp3) is 1.00. The normalized spacial score (nSPS) is 10.8. The second-order valence-electron chi connectivity index (χ2n) is 2.43. The van der Waals surface area contributed by atoms with Gasteiger partial charge in [-0.2, -0.15) is 13.1 Å². The van der Waals surface area contributed by atoms with Crippen LogP contribution in [0.4, 0.5) is 0 Å². The summed E-state index contributed by atoms with van der Waals surface area (Å²) in [6.07, 6.45) is 4.01. The third kappa shape index (κ3) is 13.7. The number of unbranched alkanes of at least 4 members (excludes halogenated alkanes) is 3. The van der Waals surface area contributed by atoms with E-state index in [-0.39, 0.29) is 37.7 Å². The summed E-state index contributed by atoms with van der Waals surface area (Å²) in [6.45, 7) is 2.41. The fourth-order valence-corrected chi connectivity index (χ4v) is 1.16. The summed E-state index contributed by atoms with van der Waals surface area (Å²) in [4.78, 5) is 0. The van der Waals surface area contributed by atoms with Crippen LogP contribution in [-0.2, 0) is 10.3 Å². The van der Waals surface area contributed by atoms with Gasteiger partial charge in [-0.25, -0.2) is 0 Å². The summed E-state index contributed by atoms with van der Waals surface area (Å²) in [5, 5.41) is 0. The maximum absolute atomic E-state index is 10.1. The van der Waals surface area contributed by atoms with E-state index in [0.717, 1.165) is 25.7 Å². The van der Waals surface area contributed by atoms with Crippen molar-refractivity contribution in [3.05, 3.63) is 0 Å². The van der Waals surface area contributed by atoms with Gasteiger partial charge in [0.25, 0.3) is 0 Å². The van der Waals surface area contributed by atoms with Gasteiger partial charge in [0.2, 0.25) is 0 Å². The molecule has 0 aromatic rings. The Labute approximate surface area is 104 Å². The zero-order chi connectivity index (χ0) is 8.74. The Balaban J connectivity index is 0. The van der Waals surface area contributed by atoms with E-state index in [4.69, 9.17) is 4.55 Å². The Kier molecular flexibility index (Phi) is 11.3. The van der Waals surface area contributed by atoms with Gasteiger partial charge in [0.1, 0.15) is 0 Å². The van der Waals surface area contributed by atoms with Crippen molar-refractivity contribution in [2.75, 3.05) is 6.54 Å². The van der Waals surface area contributed by atoms with Crippen molar-refractivity contribution in [3.8, 4) is 0 Å². The van der Waals surface area contributed by atoms with Crippen LogP contribution in [0, 0.1) is 0 Å². The molecule has 0 aliphatic heterocycles. The molecule has 0 fully saturated rings. The van der Waals surface area contributed by atoms with E-state index < -0.39 is 10.3 Å². The van der Waals surface area contributed by atoms with Crippen LogP contribution >= 0.6 is 0 Å². The van der Waals surface area contributed by atoms with Crippen molar-refractivity contribution in [3.63, 3.8) is 0 Å². The zero-order valence-electron chi connectivity index (χ0n) is 6.71. The van der Waals surface area contributed by atoms with Crippen molar-refractivity contribution < 1.29 is 13.0 Å². The molecule has 12 heavy (non-hydrogen) atoms. The SMILES string of the molecule is CCCCCCNS(=O)(=O)O.[CaH2].